The zero-order chi connectivity index (χ0) is 13.9. The number of aromatic nitrogens is 4. The molecule has 2 heterocycles. The van der Waals surface area contributed by atoms with Crippen molar-refractivity contribution in [2.45, 2.75) is 13.0 Å². The minimum atomic E-state index is 0.110. The van der Waals surface area contributed by atoms with Gasteiger partial charge in [0.25, 0.3) is 0 Å². The van der Waals surface area contributed by atoms with E-state index in [0.717, 1.165) is 23.3 Å². The molecule has 0 aliphatic carbocycles. The van der Waals surface area contributed by atoms with Gasteiger partial charge in [-0.25, -0.2) is 0 Å². The molecule has 2 aromatic heterocycles. The lowest BCUT2D eigenvalue weighted by molar-refractivity contribution is 0.573. The van der Waals surface area contributed by atoms with Crippen LogP contribution in [0.15, 0.2) is 42.9 Å². The molecule has 1 unspecified atom stereocenters. The Morgan fingerprint density at radius 2 is 1.90 bits per heavy atom. The van der Waals surface area contributed by atoms with Crippen LogP contribution in [0.1, 0.15) is 24.2 Å². The molecule has 3 aromatic rings. The highest BCUT2D eigenvalue weighted by Gasteiger charge is 2.16. The van der Waals surface area contributed by atoms with Gasteiger partial charge in [-0.05, 0) is 30.3 Å². The molecule has 0 aliphatic rings. The molecule has 0 saturated carbocycles. The summed E-state index contributed by atoms with van der Waals surface area (Å²) in [5.74, 6) is 0. The molecular weight excluding hydrogens is 250 g/mol. The molecule has 5 nitrogen and oxygen atoms in total. The molecule has 0 saturated heterocycles. The number of nitrogens with one attached hydrogen (secondary N) is 1. The van der Waals surface area contributed by atoms with Gasteiger partial charge in [0, 0.05) is 25.6 Å². The van der Waals surface area contributed by atoms with E-state index in [1.54, 1.807) is 12.4 Å². The smallest absolute Gasteiger partial charge is 0.0890 e. The monoisotopic (exact) mass is 267 g/mol. The lowest BCUT2D eigenvalue weighted by Gasteiger charge is -2.19. The maximum atomic E-state index is 4.38. The largest absolute Gasteiger partial charge is 0.305 e. The number of hydrogen-bond donors (Lipinski definition) is 1. The predicted molar refractivity (Wildman–Crippen MR) is 78.3 cm³/mol. The summed E-state index contributed by atoms with van der Waals surface area (Å²) in [7, 11) is 1.96. The molecule has 1 atom stereocenters. The topological polar surface area (TPSA) is 55.6 Å². The molecule has 0 bridgehead atoms. The number of rotatable bonds is 4. The van der Waals surface area contributed by atoms with E-state index in [9.17, 15) is 0 Å². The zero-order valence-corrected chi connectivity index (χ0v) is 11.6. The molecule has 3 rings (SSSR count). The molecule has 0 amide bonds. The highest BCUT2D eigenvalue weighted by molar-refractivity contribution is 5.74. The summed E-state index contributed by atoms with van der Waals surface area (Å²) in [6, 6.07) is 8.34. The van der Waals surface area contributed by atoms with Crippen molar-refractivity contribution in [2.24, 2.45) is 7.05 Å². The van der Waals surface area contributed by atoms with Crippen LogP contribution in [0.4, 0.5) is 0 Å². The van der Waals surface area contributed by atoms with Crippen molar-refractivity contribution in [3.63, 3.8) is 0 Å². The maximum absolute atomic E-state index is 4.38. The fourth-order valence-corrected chi connectivity index (χ4v) is 2.42. The Morgan fingerprint density at radius 1 is 1.10 bits per heavy atom. The molecule has 102 valence electrons. The van der Waals surface area contributed by atoms with Crippen LogP contribution in [0.25, 0.3) is 11.0 Å². The third kappa shape index (κ3) is 2.28. The SMILES string of the molecule is CCNC(c1ccc2nccnc2c1)c1ccnn1C. The molecule has 5 heteroatoms. The summed E-state index contributed by atoms with van der Waals surface area (Å²) in [5, 5.41) is 7.75. The Morgan fingerprint density at radius 3 is 2.60 bits per heavy atom. The van der Waals surface area contributed by atoms with Crippen LogP contribution in [-0.4, -0.2) is 26.3 Å². The van der Waals surface area contributed by atoms with E-state index in [1.165, 1.54) is 5.56 Å². The summed E-state index contributed by atoms with van der Waals surface area (Å²) in [6.07, 6.45) is 5.25. The van der Waals surface area contributed by atoms with Crippen molar-refractivity contribution in [1.29, 1.82) is 0 Å². The van der Waals surface area contributed by atoms with Crippen molar-refractivity contribution >= 4 is 11.0 Å². The fourth-order valence-electron chi connectivity index (χ4n) is 2.42. The third-order valence-corrected chi connectivity index (χ3v) is 3.39. The second-order valence-corrected chi connectivity index (χ2v) is 4.67. The number of hydrogen-bond acceptors (Lipinski definition) is 4. The van der Waals surface area contributed by atoms with Gasteiger partial charge in [-0.15, -0.1) is 0 Å². The van der Waals surface area contributed by atoms with E-state index >= 15 is 0 Å². The summed E-state index contributed by atoms with van der Waals surface area (Å²) >= 11 is 0. The van der Waals surface area contributed by atoms with E-state index in [2.05, 4.69) is 39.4 Å². The Hall–Kier alpha value is -2.27. The van der Waals surface area contributed by atoms with Gasteiger partial charge in [-0.1, -0.05) is 13.0 Å². The summed E-state index contributed by atoms with van der Waals surface area (Å²) < 4.78 is 1.90. The highest BCUT2D eigenvalue weighted by atomic mass is 15.3. The zero-order valence-electron chi connectivity index (χ0n) is 11.6. The average molecular weight is 267 g/mol. The van der Waals surface area contributed by atoms with Crippen LogP contribution in [0.5, 0.6) is 0 Å². The number of fused-ring (bicyclic) bond motifs is 1. The van der Waals surface area contributed by atoms with Crippen LogP contribution in [0.3, 0.4) is 0 Å². The minimum Gasteiger partial charge on any atom is -0.305 e. The van der Waals surface area contributed by atoms with Gasteiger partial charge < -0.3 is 5.32 Å². The Balaban J connectivity index is 2.07. The van der Waals surface area contributed by atoms with Gasteiger partial charge in [-0.3, -0.25) is 14.6 Å². The van der Waals surface area contributed by atoms with Crippen LogP contribution in [0.2, 0.25) is 0 Å². The van der Waals surface area contributed by atoms with E-state index < -0.39 is 0 Å². The van der Waals surface area contributed by atoms with Crippen molar-refractivity contribution in [1.82, 2.24) is 25.1 Å². The van der Waals surface area contributed by atoms with Crippen molar-refractivity contribution in [3.8, 4) is 0 Å². The van der Waals surface area contributed by atoms with Gasteiger partial charge in [-0.2, -0.15) is 5.10 Å². The molecule has 20 heavy (non-hydrogen) atoms. The molecule has 0 fully saturated rings. The molecule has 1 aromatic carbocycles. The lowest BCUT2D eigenvalue weighted by atomic mass is 10.0. The first-order chi connectivity index (χ1) is 9.79. The third-order valence-electron chi connectivity index (χ3n) is 3.39. The number of nitrogens with zero attached hydrogens (tertiary/aromatic N) is 4. The van der Waals surface area contributed by atoms with Crippen LogP contribution >= 0.6 is 0 Å². The number of aryl methyl sites for hydroxylation is 1. The lowest BCUT2D eigenvalue weighted by Crippen LogP contribution is -2.24. The first kappa shape index (κ1) is 12.7. The van der Waals surface area contributed by atoms with Crippen LogP contribution in [0, 0.1) is 0 Å². The van der Waals surface area contributed by atoms with Crippen molar-refractivity contribution in [2.75, 3.05) is 6.54 Å². The van der Waals surface area contributed by atoms with E-state index in [0.29, 0.717) is 0 Å². The quantitative estimate of drug-likeness (QED) is 0.786. The molecular formula is C15H17N5. The highest BCUT2D eigenvalue weighted by Crippen LogP contribution is 2.23. The van der Waals surface area contributed by atoms with Gasteiger partial charge in [0.1, 0.15) is 0 Å². The van der Waals surface area contributed by atoms with E-state index in [4.69, 9.17) is 0 Å². The standard InChI is InChI=1S/C15H17N5/c1-3-16-15(14-6-7-19-20(14)2)11-4-5-12-13(10-11)18-9-8-17-12/h4-10,15-16H,3H2,1-2H3. The summed E-state index contributed by atoms with van der Waals surface area (Å²) in [5.41, 5.74) is 4.13. The second kappa shape index (κ2) is 5.38. The van der Waals surface area contributed by atoms with E-state index in [-0.39, 0.29) is 6.04 Å². The molecule has 0 radical (unpaired) electrons. The van der Waals surface area contributed by atoms with Gasteiger partial charge in [0.05, 0.1) is 22.8 Å². The normalized spacial score (nSPS) is 12.7. The Labute approximate surface area is 117 Å². The Bertz CT molecular complexity index is 719. The first-order valence-corrected chi connectivity index (χ1v) is 6.71. The van der Waals surface area contributed by atoms with E-state index in [1.807, 2.05) is 30.1 Å². The summed E-state index contributed by atoms with van der Waals surface area (Å²) in [4.78, 5) is 8.68. The van der Waals surface area contributed by atoms with Gasteiger partial charge >= 0.3 is 0 Å². The Kier molecular flexibility index (Phi) is 3.43. The van der Waals surface area contributed by atoms with Crippen LogP contribution in [-0.2, 0) is 7.05 Å². The maximum Gasteiger partial charge on any atom is 0.0890 e. The molecule has 0 aliphatic heterocycles. The van der Waals surface area contributed by atoms with Crippen LogP contribution < -0.4 is 5.32 Å². The first-order valence-electron chi connectivity index (χ1n) is 6.71. The molecule has 0 spiro atoms. The van der Waals surface area contributed by atoms with Gasteiger partial charge in [0.2, 0.25) is 0 Å². The average Bonchev–Trinajstić information content (AvgIpc) is 2.90. The number of benzene rings is 1. The van der Waals surface area contributed by atoms with Crippen molar-refractivity contribution in [3.05, 3.63) is 54.1 Å². The summed E-state index contributed by atoms with van der Waals surface area (Å²) in [6.45, 7) is 2.98. The minimum absolute atomic E-state index is 0.110. The predicted octanol–water partition coefficient (Wildman–Crippen LogP) is 2.06. The molecule has 1 N–H and O–H groups in total. The fraction of sp³-hybridized carbons (Fsp3) is 0.267. The second-order valence-electron chi connectivity index (χ2n) is 4.67. The van der Waals surface area contributed by atoms with Gasteiger partial charge in [0.15, 0.2) is 0 Å². The van der Waals surface area contributed by atoms with Crippen molar-refractivity contribution < 1.29 is 0 Å².